The number of piperidine rings is 1. The van der Waals surface area contributed by atoms with E-state index in [1.807, 2.05) is 4.90 Å². The van der Waals surface area contributed by atoms with E-state index in [-0.39, 0.29) is 18.0 Å². The van der Waals surface area contributed by atoms with Crippen molar-refractivity contribution in [1.82, 2.24) is 9.80 Å². The number of rotatable bonds is 5. The predicted octanol–water partition coefficient (Wildman–Crippen LogP) is 2.28. The van der Waals surface area contributed by atoms with Crippen molar-refractivity contribution in [2.75, 3.05) is 26.2 Å². The number of nitrogens with two attached hydrogens (primary N) is 1. The average molecular weight is 329 g/mol. The second-order valence-corrected chi connectivity index (χ2v) is 7.41. The van der Waals surface area contributed by atoms with E-state index >= 15 is 0 Å². The molecule has 0 spiro atoms. The maximum absolute atomic E-state index is 12.8. The lowest BCUT2D eigenvalue weighted by Crippen LogP contribution is -2.52. The van der Waals surface area contributed by atoms with Crippen molar-refractivity contribution in [2.24, 2.45) is 11.7 Å². The summed E-state index contributed by atoms with van der Waals surface area (Å²) in [5, 5.41) is 0. The van der Waals surface area contributed by atoms with Gasteiger partial charge in [0.05, 0.1) is 6.04 Å². The molecule has 1 aromatic rings. The number of carbonyl (C=O) groups is 1. The summed E-state index contributed by atoms with van der Waals surface area (Å²) in [4.78, 5) is 17.2. The topological polar surface area (TPSA) is 49.6 Å². The van der Waals surface area contributed by atoms with Crippen LogP contribution in [0.2, 0.25) is 0 Å². The Morgan fingerprint density at radius 2 is 1.88 bits per heavy atom. The highest BCUT2D eigenvalue weighted by Gasteiger charge is 2.34. The molecule has 0 saturated carbocycles. The molecular weight excluding hydrogens is 298 g/mol. The molecule has 1 aromatic carbocycles. The highest BCUT2D eigenvalue weighted by molar-refractivity contribution is 5.82. The first-order chi connectivity index (χ1) is 11.7. The fraction of sp³-hybridized carbons (Fsp3) is 0.650. The van der Waals surface area contributed by atoms with Gasteiger partial charge < -0.3 is 10.6 Å². The normalized spacial score (nSPS) is 24.2. The van der Waals surface area contributed by atoms with Crippen LogP contribution in [0.1, 0.15) is 38.2 Å². The fourth-order valence-corrected chi connectivity index (χ4v) is 4.26. The summed E-state index contributed by atoms with van der Waals surface area (Å²) in [5.74, 6) is 1.03. The standard InChI is InChI=1S/C20H31N3O/c1-16(20(24)23-11-5-8-19(23)15-21)22-12-9-18(10-13-22)14-17-6-3-2-4-7-17/h2-4,6-7,16,18-19H,5,8-15,21H2,1H3. The van der Waals surface area contributed by atoms with Crippen LogP contribution in [-0.4, -0.2) is 54.0 Å². The summed E-state index contributed by atoms with van der Waals surface area (Å²) < 4.78 is 0. The number of carbonyl (C=O) groups excluding carboxylic acids is 1. The van der Waals surface area contributed by atoms with Crippen molar-refractivity contribution < 1.29 is 4.79 Å². The minimum atomic E-state index is -0.00479. The molecular formula is C20H31N3O. The predicted molar refractivity (Wildman–Crippen MR) is 97.7 cm³/mol. The van der Waals surface area contributed by atoms with Crippen LogP contribution in [0.15, 0.2) is 30.3 Å². The van der Waals surface area contributed by atoms with Crippen molar-refractivity contribution in [3.05, 3.63) is 35.9 Å². The molecule has 2 atom stereocenters. The quantitative estimate of drug-likeness (QED) is 0.901. The van der Waals surface area contributed by atoms with Crippen LogP contribution in [0, 0.1) is 5.92 Å². The van der Waals surface area contributed by atoms with Crippen LogP contribution in [0.5, 0.6) is 0 Å². The fourth-order valence-electron chi connectivity index (χ4n) is 4.26. The first-order valence-electron chi connectivity index (χ1n) is 9.47. The molecule has 1 amide bonds. The molecule has 0 aliphatic carbocycles. The van der Waals surface area contributed by atoms with E-state index in [0.29, 0.717) is 6.54 Å². The Kier molecular flexibility index (Phi) is 5.90. The second kappa shape index (κ2) is 8.13. The first-order valence-corrected chi connectivity index (χ1v) is 9.47. The van der Waals surface area contributed by atoms with E-state index < -0.39 is 0 Å². The third-order valence-electron chi connectivity index (χ3n) is 5.85. The molecule has 4 heteroatoms. The summed E-state index contributed by atoms with van der Waals surface area (Å²) in [6.45, 7) is 5.62. The largest absolute Gasteiger partial charge is 0.337 e. The minimum Gasteiger partial charge on any atom is -0.337 e. The van der Waals surface area contributed by atoms with Crippen molar-refractivity contribution >= 4 is 5.91 Å². The summed E-state index contributed by atoms with van der Waals surface area (Å²) in [6.07, 6.45) is 5.70. The zero-order chi connectivity index (χ0) is 16.9. The molecule has 24 heavy (non-hydrogen) atoms. The lowest BCUT2D eigenvalue weighted by molar-refractivity contribution is -0.137. The van der Waals surface area contributed by atoms with E-state index in [4.69, 9.17) is 5.73 Å². The van der Waals surface area contributed by atoms with Gasteiger partial charge in [-0.2, -0.15) is 0 Å². The smallest absolute Gasteiger partial charge is 0.239 e. The Labute approximate surface area is 146 Å². The summed E-state index contributed by atoms with van der Waals surface area (Å²) in [7, 11) is 0. The minimum absolute atomic E-state index is 0.00479. The molecule has 2 saturated heterocycles. The number of hydrogen-bond donors (Lipinski definition) is 1. The Hall–Kier alpha value is -1.39. The molecule has 2 fully saturated rings. The zero-order valence-electron chi connectivity index (χ0n) is 14.9. The molecule has 2 N–H and O–H groups in total. The molecule has 4 nitrogen and oxygen atoms in total. The van der Waals surface area contributed by atoms with Gasteiger partial charge in [-0.3, -0.25) is 9.69 Å². The van der Waals surface area contributed by atoms with Crippen LogP contribution in [0.4, 0.5) is 0 Å². The summed E-state index contributed by atoms with van der Waals surface area (Å²) in [6, 6.07) is 11.0. The van der Waals surface area contributed by atoms with Gasteiger partial charge in [-0.25, -0.2) is 0 Å². The molecule has 0 radical (unpaired) electrons. The molecule has 2 aliphatic heterocycles. The third kappa shape index (κ3) is 3.98. The van der Waals surface area contributed by atoms with Gasteiger partial charge in [-0.05, 0) is 63.6 Å². The van der Waals surface area contributed by atoms with Crippen molar-refractivity contribution in [1.29, 1.82) is 0 Å². The van der Waals surface area contributed by atoms with Crippen LogP contribution < -0.4 is 5.73 Å². The van der Waals surface area contributed by atoms with Gasteiger partial charge in [0.25, 0.3) is 0 Å². The highest BCUT2D eigenvalue weighted by Crippen LogP contribution is 2.25. The van der Waals surface area contributed by atoms with Gasteiger partial charge >= 0.3 is 0 Å². The lowest BCUT2D eigenvalue weighted by Gasteiger charge is -2.37. The Morgan fingerprint density at radius 3 is 2.54 bits per heavy atom. The number of amides is 1. The SMILES string of the molecule is CC(C(=O)N1CCCC1CN)N1CCC(Cc2ccccc2)CC1. The third-order valence-corrected chi connectivity index (χ3v) is 5.85. The lowest BCUT2D eigenvalue weighted by atomic mass is 9.89. The molecule has 3 rings (SSSR count). The molecule has 2 aliphatic rings. The van der Waals surface area contributed by atoms with Gasteiger partial charge in [0.1, 0.15) is 0 Å². The van der Waals surface area contributed by atoms with E-state index in [2.05, 4.69) is 42.2 Å². The number of hydrogen-bond acceptors (Lipinski definition) is 3. The number of nitrogens with zero attached hydrogens (tertiary/aromatic N) is 2. The number of likely N-dealkylation sites (tertiary alicyclic amines) is 2. The molecule has 2 heterocycles. The average Bonchev–Trinajstić information content (AvgIpc) is 3.11. The monoisotopic (exact) mass is 329 g/mol. The molecule has 132 valence electrons. The first kappa shape index (κ1) is 17.4. The molecule has 2 unspecified atom stereocenters. The van der Waals surface area contributed by atoms with Crippen LogP contribution in [-0.2, 0) is 11.2 Å². The van der Waals surface area contributed by atoms with Crippen LogP contribution in [0.3, 0.4) is 0 Å². The second-order valence-electron chi connectivity index (χ2n) is 7.41. The Morgan fingerprint density at radius 1 is 1.17 bits per heavy atom. The van der Waals surface area contributed by atoms with Crippen molar-refractivity contribution in [3.8, 4) is 0 Å². The van der Waals surface area contributed by atoms with Crippen molar-refractivity contribution in [3.63, 3.8) is 0 Å². The van der Waals surface area contributed by atoms with E-state index in [1.165, 1.54) is 24.8 Å². The number of benzene rings is 1. The molecule has 0 bridgehead atoms. The summed E-state index contributed by atoms with van der Waals surface area (Å²) >= 11 is 0. The Bertz CT molecular complexity index is 525. The zero-order valence-corrected chi connectivity index (χ0v) is 14.9. The van der Waals surface area contributed by atoms with Gasteiger partial charge in [0, 0.05) is 19.1 Å². The van der Waals surface area contributed by atoms with E-state index in [1.54, 1.807) is 0 Å². The maximum Gasteiger partial charge on any atom is 0.239 e. The van der Waals surface area contributed by atoms with Gasteiger partial charge in [-0.1, -0.05) is 30.3 Å². The van der Waals surface area contributed by atoms with Gasteiger partial charge in [0.15, 0.2) is 0 Å². The molecule has 0 aromatic heterocycles. The van der Waals surface area contributed by atoms with E-state index in [0.717, 1.165) is 38.4 Å². The van der Waals surface area contributed by atoms with Gasteiger partial charge in [0.2, 0.25) is 5.91 Å². The highest BCUT2D eigenvalue weighted by atomic mass is 16.2. The van der Waals surface area contributed by atoms with Gasteiger partial charge in [-0.15, -0.1) is 0 Å². The van der Waals surface area contributed by atoms with E-state index in [9.17, 15) is 4.79 Å². The Balaban J connectivity index is 1.49. The van der Waals surface area contributed by atoms with Crippen LogP contribution >= 0.6 is 0 Å². The van der Waals surface area contributed by atoms with Crippen molar-refractivity contribution in [2.45, 2.75) is 51.1 Å². The maximum atomic E-state index is 12.8. The summed E-state index contributed by atoms with van der Waals surface area (Å²) in [5.41, 5.74) is 7.26. The van der Waals surface area contributed by atoms with Crippen LogP contribution in [0.25, 0.3) is 0 Å².